The molecule has 1 aliphatic heterocycles. The maximum absolute atomic E-state index is 11.1. The van der Waals surface area contributed by atoms with Crippen LogP contribution in [-0.2, 0) is 9.53 Å². The summed E-state index contributed by atoms with van der Waals surface area (Å²) in [5.74, 6) is 0.176. The lowest BCUT2D eigenvalue weighted by Gasteiger charge is -2.02. The van der Waals surface area contributed by atoms with Crippen molar-refractivity contribution in [2.45, 2.75) is 13.3 Å². The van der Waals surface area contributed by atoms with Gasteiger partial charge in [0.2, 0.25) is 0 Å². The molecule has 1 heterocycles. The Hall–Kier alpha value is -1.04. The summed E-state index contributed by atoms with van der Waals surface area (Å²) in [4.78, 5) is 11.1. The second-order valence-corrected chi connectivity index (χ2v) is 3.20. The smallest absolute Gasteiger partial charge is 0.327 e. The third-order valence-corrected chi connectivity index (χ3v) is 2.90. The highest BCUT2D eigenvalue weighted by Crippen LogP contribution is 2.64. The molecule has 2 rings (SSSR count). The van der Waals surface area contributed by atoms with E-state index in [9.17, 15) is 4.79 Å². The predicted octanol–water partition coefficient (Wildman–Crippen LogP) is 0.709. The fourth-order valence-corrected chi connectivity index (χ4v) is 2.19. The first kappa shape index (κ1) is 6.66. The molecule has 0 aromatic rings. The molecule has 0 unspecified atom stereocenters. The Morgan fingerprint density at radius 3 is 3.00 bits per heavy atom. The number of nitrogens with zero attached hydrogens (tertiary/aromatic N) is 1. The number of hydrogen-bond donors (Lipinski definition) is 0. The summed E-state index contributed by atoms with van der Waals surface area (Å²) >= 11 is 0. The minimum Gasteiger partial charge on any atom is -0.464 e. The van der Waals surface area contributed by atoms with E-state index in [0.717, 1.165) is 6.42 Å². The molecule has 2 fully saturated rings. The van der Waals surface area contributed by atoms with Crippen molar-refractivity contribution in [3.63, 3.8) is 0 Å². The monoisotopic (exact) mass is 151 g/mol. The van der Waals surface area contributed by atoms with Crippen LogP contribution in [0.2, 0.25) is 0 Å². The van der Waals surface area contributed by atoms with Crippen LogP contribution in [0.15, 0.2) is 0 Å². The third-order valence-electron chi connectivity index (χ3n) is 2.90. The van der Waals surface area contributed by atoms with Gasteiger partial charge in [0, 0.05) is 5.92 Å². The van der Waals surface area contributed by atoms with Crippen molar-refractivity contribution in [3.05, 3.63) is 0 Å². The van der Waals surface area contributed by atoms with E-state index in [0.29, 0.717) is 6.61 Å². The average molecular weight is 151 g/mol. The van der Waals surface area contributed by atoms with Crippen molar-refractivity contribution in [2.24, 2.45) is 17.3 Å². The molecule has 11 heavy (non-hydrogen) atoms. The van der Waals surface area contributed by atoms with Gasteiger partial charge in [0.25, 0.3) is 0 Å². The number of carbonyl (C=O) groups excluding carboxylic acids is 1. The Bertz CT molecular complexity index is 249. The first-order valence-corrected chi connectivity index (χ1v) is 3.85. The molecule has 2 aliphatic rings. The minimum absolute atomic E-state index is 0.199. The van der Waals surface area contributed by atoms with E-state index in [-0.39, 0.29) is 17.8 Å². The molecule has 3 nitrogen and oxygen atoms in total. The number of cyclic esters (lactones) is 1. The second kappa shape index (κ2) is 1.76. The largest absolute Gasteiger partial charge is 0.464 e. The van der Waals surface area contributed by atoms with E-state index in [1.54, 1.807) is 0 Å². The Labute approximate surface area is 64.9 Å². The Morgan fingerprint density at radius 2 is 2.64 bits per heavy atom. The molecular weight excluding hydrogens is 142 g/mol. The van der Waals surface area contributed by atoms with Crippen LogP contribution in [0.5, 0.6) is 0 Å². The van der Waals surface area contributed by atoms with Gasteiger partial charge in [0.05, 0.1) is 12.7 Å². The van der Waals surface area contributed by atoms with Crippen LogP contribution in [-0.4, -0.2) is 12.6 Å². The normalized spacial score (nSPS) is 46.0. The molecule has 0 aromatic carbocycles. The van der Waals surface area contributed by atoms with Crippen molar-refractivity contribution in [1.29, 1.82) is 5.26 Å². The van der Waals surface area contributed by atoms with Crippen molar-refractivity contribution in [1.82, 2.24) is 0 Å². The molecule has 0 N–H and O–H groups in total. The zero-order chi connectivity index (χ0) is 8.06. The molecule has 3 atom stereocenters. The molecule has 0 bridgehead atoms. The maximum Gasteiger partial charge on any atom is 0.327 e. The molecule has 0 spiro atoms. The lowest BCUT2D eigenvalue weighted by Crippen LogP contribution is -2.15. The number of carbonyl (C=O) groups is 1. The zero-order valence-electron chi connectivity index (χ0n) is 6.33. The summed E-state index contributed by atoms with van der Waals surface area (Å²) in [5.41, 5.74) is -0.727. The summed E-state index contributed by atoms with van der Waals surface area (Å²) in [6, 6.07) is 2.09. The maximum atomic E-state index is 11.1. The van der Waals surface area contributed by atoms with Crippen LogP contribution in [0.4, 0.5) is 0 Å². The zero-order valence-corrected chi connectivity index (χ0v) is 6.33. The lowest BCUT2D eigenvalue weighted by molar-refractivity contribution is -0.144. The first-order valence-electron chi connectivity index (χ1n) is 3.85. The van der Waals surface area contributed by atoms with E-state index in [1.165, 1.54) is 0 Å². The van der Waals surface area contributed by atoms with Crippen LogP contribution >= 0.6 is 0 Å². The highest BCUT2D eigenvalue weighted by Gasteiger charge is 2.74. The molecule has 1 saturated heterocycles. The quantitative estimate of drug-likeness (QED) is 0.518. The van der Waals surface area contributed by atoms with Crippen molar-refractivity contribution in [2.75, 3.05) is 6.61 Å². The highest BCUT2D eigenvalue weighted by atomic mass is 16.5. The van der Waals surface area contributed by atoms with Gasteiger partial charge < -0.3 is 4.74 Å². The number of fused-ring (bicyclic) bond motifs is 1. The average Bonchev–Trinajstić information content (AvgIpc) is 2.57. The van der Waals surface area contributed by atoms with E-state index in [4.69, 9.17) is 10.00 Å². The summed E-state index contributed by atoms with van der Waals surface area (Å²) in [5, 5.41) is 8.79. The van der Waals surface area contributed by atoms with Gasteiger partial charge in [-0.15, -0.1) is 0 Å². The van der Waals surface area contributed by atoms with Crippen LogP contribution in [0.25, 0.3) is 0 Å². The number of rotatable bonds is 1. The van der Waals surface area contributed by atoms with E-state index in [1.807, 2.05) is 6.92 Å². The Morgan fingerprint density at radius 1 is 1.91 bits per heavy atom. The fourth-order valence-electron chi connectivity index (χ4n) is 2.19. The predicted molar refractivity (Wildman–Crippen MR) is 36.3 cm³/mol. The summed E-state index contributed by atoms with van der Waals surface area (Å²) in [7, 11) is 0. The van der Waals surface area contributed by atoms with E-state index in [2.05, 4.69) is 6.07 Å². The Balaban J connectivity index is 2.30. The van der Waals surface area contributed by atoms with Gasteiger partial charge in [-0.3, -0.25) is 4.79 Å². The van der Waals surface area contributed by atoms with Gasteiger partial charge in [-0.2, -0.15) is 5.26 Å². The highest BCUT2D eigenvalue weighted by molar-refractivity contribution is 5.87. The standard InChI is InChI=1S/C8H9NO2/c1-2-5-6-3-11-7(10)8(5,6)4-9/h5-6H,2-3H2,1H3/t5-,6+,8-/m0/s1. The number of ether oxygens (including phenoxy) is 1. The molecule has 0 radical (unpaired) electrons. The van der Waals surface area contributed by atoms with Crippen LogP contribution in [0, 0.1) is 28.6 Å². The number of nitriles is 1. The second-order valence-electron chi connectivity index (χ2n) is 3.20. The number of esters is 1. The van der Waals surface area contributed by atoms with Crippen LogP contribution in [0.1, 0.15) is 13.3 Å². The third kappa shape index (κ3) is 0.518. The topological polar surface area (TPSA) is 50.1 Å². The van der Waals surface area contributed by atoms with E-state index >= 15 is 0 Å². The lowest BCUT2D eigenvalue weighted by atomic mass is 10.1. The summed E-state index contributed by atoms with van der Waals surface area (Å²) in [6.07, 6.45) is 0.910. The SMILES string of the molecule is CC[C@H]1[C@H]2COC(=O)[C@]21C#N. The van der Waals surface area contributed by atoms with Gasteiger partial charge in [-0.1, -0.05) is 13.3 Å². The molecule has 0 aromatic heterocycles. The van der Waals surface area contributed by atoms with Crippen molar-refractivity contribution < 1.29 is 9.53 Å². The molecule has 3 heteroatoms. The number of hydrogen-bond acceptors (Lipinski definition) is 3. The van der Waals surface area contributed by atoms with Gasteiger partial charge >= 0.3 is 5.97 Å². The molecule has 58 valence electrons. The molecular formula is C8H9NO2. The molecule has 0 amide bonds. The Kier molecular flexibility index (Phi) is 1.07. The van der Waals surface area contributed by atoms with Crippen molar-refractivity contribution >= 4 is 5.97 Å². The molecule has 1 saturated carbocycles. The molecule has 1 aliphatic carbocycles. The van der Waals surface area contributed by atoms with Crippen LogP contribution < -0.4 is 0 Å². The van der Waals surface area contributed by atoms with Gasteiger partial charge in [0.1, 0.15) is 0 Å². The fraction of sp³-hybridized carbons (Fsp3) is 0.750. The van der Waals surface area contributed by atoms with Gasteiger partial charge in [0.15, 0.2) is 5.41 Å². The first-order chi connectivity index (χ1) is 5.27. The van der Waals surface area contributed by atoms with Crippen LogP contribution in [0.3, 0.4) is 0 Å². The summed E-state index contributed by atoms with van der Waals surface area (Å²) in [6.45, 7) is 2.47. The summed E-state index contributed by atoms with van der Waals surface area (Å²) < 4.78 is 4.78. The van der Waals surface area contributed by atoms with E-state index < -0.39 is 5.41 Å². The minimum atomic E-state index is -0.727. The van der Waals surface area contributed by atoms with Crippen molar-refractivity contribution in [3.8, 4) is 6.07 Å². The van der Waals surface area contributed by atoms with Gasteiger partial charge in [-0.05, 0) is 5.92 Å². The van der Waals surface area contributed by atoms with Gasteiger partial charge in [-0.25, -0.2) is 0 Å².